The van der Waals surface area contributed by atoms with E-state index in [2.05, 4.69) is 26.1 Å². The summed E-state index contributed by atoms with van der Waals surface area (Å²) in [4.78, 5) is 27.8. The molecule has 0 fully saturated rings. The van der Waals surface area contributed by atoms with Crippen LogP contribution in [0, 0.1) is 5.92 Å². The van der Waals surface area contributed by atoms with Crippen molar-refractivity contribution in [3.8, 4) is 0 Å². The van der Waals surface area contributed by atoms with Crippen molar-refractivity contribution in [1.29, 1.82) is 0 Å². The monoisotopic (exact) mass is 535 g/mol. The Labute approximate surface area is 220 Å². The standard InChI is InChI=1S/C27H38ClN3O4S/c1-19(2)16-29-26(33)20(3)30(17-21-9-8-10-23(28)15-21)25(32)18-31(36(7,34)35)24-13-11-22(12-14-24)27(4,5)6/h8-15,19-20H,16-18H2,1-7H3,(H,29,33). The Bertz CT molecular complexity index is 1160. The van der Waals surface area contributed by atoms with Crippen molar-refractivity contribution in [2.75, 3.05) is 23.7 Å². The lowest BCUT2D eigenvalue weighted by Gasteiger charge is -2.32. The van der Waals surface area contributed by atoms with Gasteiger partial charge in [0.05, 0.1) is 11.9 Å². The molecule has 1 atom stereocenters. The number of nitrogens with zero attached hydrogens (tertiary/aromatic N) is 2. The summed E-state index contributed by atoms with van der Waals surface area (Å²) in [5, 5.41) is 3.37. The van der Waals surface area contributed by atoms with E-state index in [1.54, 1.807) is 37.3 Å². The van der Waals surface area contributed by atoms with Crippen LogP contribution in [-0.2, 0) is 31.6 Å². The first-order valence-corrected chi connectivity index (χ1v) is 14.2. The number of amides is 2. The molecule has 36 heavy (non-hydrogen) atoms. The van der Waals surface area contributed by atoms with Gasteiger partial charge in [-0.25, -0.2) is 8.42 Å². The van der Waals surface area contributed by atoms with Crippen molar-refractivity contribution in [3.05, 3.63) is 64.7 Å². The lowest BCUT2D eigenvalue weighted by atomic mass is 9.87. The summed E-state index contributed by atoms with van der Waals surface area (Å²) in [5.74, 6) is -0.554. The van der Waals surface area contributed by atoms with Crippen molar-refractivity contribution in [2.24, 2.45) is 5.92 Å². The first kappa shape index (κ1) is 29.6. The zero-order chi connectivity index (χ0) is 27.3. The van der Waals surface area contributed by atoms with Gasteiger partial charge in [-0.3, -0.25) is 13.9 Å². The predicted molar refractivity (Wildman–Crippen MR) is 147 cm³/mol. The first-order chi connectivity index (χ1) is 16.6. The van der Waals surface area contributed by atoms with Gasteiger partial charge >= 0.3 is 0 Å². The Morgan fingerprint density at radius 1 is 1.03 bits per heavy atom. The first-order valence-electron chi connectivity index (χ1n) is 12.0. The van der Waals surface area contributed by atoms with Gasteiger partial charge in [-0.1, -0.05) is 70.5 Å². The molecule has 0 aliphatic rings. The van der Waals surface area contributed by atoms with Gasteiger partial charge in [0, 0.05) is 18.1 Å². The molecule has 7 nitrogen and oxygen atoms in total. The van der Waals surface area contributed by atoms with Gasteiger partial charge in [-0.2, -0.15) is 0 Å². The summed E-state index contributed by atoms with van der Waals surface area (Å²) in [5.41, 5.74) is 2.07. The molecule has 0 aliphatic heterocycles. The summed E-state index contributed by atoms with van der Waals surface area (Å²) in [6, 6.07) is 13.3. The summed E-state index contributed by atoms with van der Waals surface area (Å²) >= 11 is 6.13. The zero-order valence-electron chi connectivity index (χ0n) is 22.2. The van der Waals surface area contributed by atoms with Crippen molar-refractivity contribution < 1.29 is 18.0 Å². The maximum atomic E-state index is 13.6. The summed E-state index contributed by atoms with van der Waals surface area (Å²) in [6.45, 7) is 12.0. The molecular weight excluding hydrogens is 498 g/mol. The van der Waals surface area contributed by atoms with Crippen LogP contribution in [0.1, 0.15) is 52.7 Å². The highest BCUT2D eigenvalue weighted by molar-refractivity contribution is 7.92. The molecule has 2 aromatic rings. The molecule has 1 N–H and O–H groups in total. The van der Waals surface area contributed by atoms with Crippen molar-refractivity contribution in [2.45, 2.75) is 59.5 Å². The molecule has 0 spiro atoms. The van der Waals surface area contributed by atoms with Crippen LogP contribution in [0.15, 0.2) is 48.5 Å². The number of carbonyl (C=O) groups excluding carboxylic acids is 2. The highest BCUT2D eigenvalue weighted by Crippen LogP contribution is 2.26. The number of hydrogen-bond acceptors (Lipinski definition) is 4. The van der Waals surface area contributed by atoms with E-state index in [1.165, 1.54) is 4.90 Å². The Morgan fingerprint density at radius 3 is 2.14 bits per heavy atom. The van der Waals surface area contributed by atoms with Gasteiger partial charge in [0.2, 0.25) is 21.8 Å². The number of rotatable bonds is 10. The molecule has 198 valence electrons. The molecule has 2 rings (SSSR count). The normalized spacial score (nSPS) is 12.8. The largest absolute Gasteiger partial charge is 0.354 e. The average molecular weight is 536 g/mol. The SMILES string of the molecule is CC(C)CNC(=O)C(C)N(Cc1cccc(Cl)c1)C(=O)CN(c1ccc(C(C)(C)C)cc1)S(C)(=O)=O. The Kier molecular flexibility index (Phi) is 9.97. The highest BCUT2D eigenvalue weighted by Gasteiger charge is 2.30. The predicted octanol–water partition coefficient (Wildman–Crippen LogP) is 4.59. The molecule has 0 bridgehead atoms. The minimum Gasteiger partial charge on any atom is -0.354 e. The van der Waals surface area contributed by atoms with Crippen LogP contribution in [0.5, 0.6) is 0 Å². The third-order valence-corrected chi connectivity index (χ3v) is 7.17. The third kappa shape index (κ3) is 8.52. The average Bonchev–Trinajstić information content (AvgIpc) is 2.77. The zero-order valence-corrected chi connectivity index (χ0v) is 23.8. The fourth-order valence-corrected chi connectivity index (χ4v) is 4.67. The molecule has 1 unspecified atom stereocenters. The number of anilines is 1. The van der Waals surface area contributed by atoms with Gasteiger partial charge in [0.15, 0.2) is 0 Å². The molecular formula is C27H38ClN3O4S. The fraction of sp³-hybridized carbons (Fsp3) is 0.481. The van der Waals surface area contributed by atoms with E-state index in [9.17, 15) is 18.0 Å². The second kappa shape index (κ2) is 12.1. The van der Waals surface area contributed by atoms with Crippen LogP contribution in [0.25, 0.3) is 0 Å². The van der Waals surface area contributed by atoms with Crippen molar-refractivity contribution in [3.63, 3.8) is 0 Å². The van der Waals surface area contributed by atoms with Gasteiger partial charge in [-0.15, -0.1) is 0 Å². The smallest absolute Gasteiger partial charge is 0.244 e. The minimum absolute atomic E-state index is 0.100. The maximum Gasteiger partial charge on any atom is 0.244 e. The van der Waals surface area contributed by atoms with Crippen LogP contribution in [0.2, 0.25) is 5.02 Å². The van der Waals surface area contributed by atoms with Crippen LogP contribution < -0.4 is 9.62 Å². The van der Waals surface area contributed by atoms with E-state index in [1.807, 2.05) is 32.0 Å². The molecule has 0 aliphatic carbocycles. The van der Waals surface area contributed by atoms with Crippen LogP contribution >= 0.6 is 11.6 Å². The van der Waals surface area contributed by atoms with Gasteiger partial charge in [0.25, 0.3) is 0 Å². The Balaban J connectivity index is 2.38. The second-order valence-corrected chi connectivity index (χ2v) is 12.9. The third-order valence-electron chi connectivity index (χ3n) is 5.79. The molecule has 9 heteroatoms. The van der Waals surface area contributed by atoms with E-state index in [-0.39, 0.29) is 23.8 Å². The van der Waals surface area contributed by atoms with Crippen LogP contribution in [0.4, 0.5) is 5.69 Å². The lowest BCUT2D eigenvalue weighted by molar-refractivity contribution is -0.139. The second-order valence-electron chi connectivity index (χ2n) is 10.5. The van der Waals surface area contributed by atoms with Crippen molar-refractivity contribution >= 4 is 39.1 Å². The van der Waals surface area contributed by atoms with Crippen LogP contribution in [0.3, 0.4) is 0 Å². The Hall–Kier alpha value is -2.58. The van der Waals surface area contributed by atoms with Gasteiger partial charge in [0.1, 0.15) is 12.6 Å². The van der Waals surface area contributed by atoms with E-state index >= 15 is 0 Å². The minimum atomic E-state index is -3.78. The quantitative estimate of drug-likeness (QED) is 0.482. The van der Waals surface area contributed by atoms with Crippen LogP contribution in [-0.4, -0.2) is 50.5 Å². The van der Waals surface area contributed by atoms with E-state index < -0.39 is 28.5 Å². The van der Waals surface area contributed by atoms with Gasteiger partial charge < -0.3 is 10.2 Å². The highest BCUT2D eigenvalue weighted by atomic mass is 35.5. The molecule has 0 aromatic heterocycles. The fourth-order valence-electron chi connectivity index (χ4n) is 3.61. The number of nitrogens with one attached hydrogen (secondary N) is 1. The number of benzene rings is 2. The van der Waals surface area contributed by atoms with E-state index in [4.69, 9.17) is 11.6 Å². The van der Waals surface area contributed by atoms with E-state index in [0.29, 0.717) is 17.3 Å². The summed E-state index contributed by atoms with van der Waals surface area (Å²) in [7, 11) is -3.78. The molecule has 0 heterocycles. The van der Waals surface area contributed by atoms with E-state index in [0.717, 1.165) is 21.7 Å². The van der Waals surface area contributed by atoms with Gasteiger partial charge in [-0.05, 0) is 53.6 Å². The number of halogens is 1. The molecule has 2 aromatic carbocycles. The topological polar surface area (TPSA) is 86.8 Å². The molecule has 0 saturated carbocycles. The van der Waals surface area contributed by atoms with Crippen molar-refractivity contribution in [1.82, 2.24) is 10.2 Å². The molecule has 2 amide bonds. The number of hydrogen-bond donors (Lipinski definition) is 1. The summed E-state index contributed by atoms with van der Waals surface area (Å²) in [6.07, 6.45) is 1.07. The number of carbonyl (C=O) groups is 2. The molecule has 0 saturated heterocycles. The molecule has 0 radical (unpaired) electrons. The maximum absolute atomic E-state index is 13.6. The Morgan fingerprint density at radius 2 is 1.64 bits per heavy atom. The number of sulfonamides is 1. The lowest BCUT2D eigenvalue weighted by Crippen LogP contribution is -2.51. The summed E-state index contributed by atoms with van der Waals surface area (Å²) < 4.78 is 26.5.